The Hall–Kier alpha value is -3.12. The molecule has 0 aliphatic heterocycles. The molecule has 0 saturated heterocycles. The third-order valence-electron chi connectivity index (χ3n) is 2.56. The second-order valence-corrected chi connectivity index (χ2v) is 3.93. The Balaban J connectivity index is 2.24. The summed E-state index contributed by atoms with van der Waals surface area (Å²) < 4.78 is 0. The Morgan fingerprint density at radius 2 is 1.80 bits per heavy atom. The normalized spacial score (nSPS) is 9.35. The lowest BCUT2D eigenvalue weighted by Gasteiger charge is -2.08. The minimum atomic E-state index is 0.332. The highest BCUT2D eigenvalue weighted by Gasteiger charge is 2.04. The van der Waals surface area contributed by atoms with Crippen molar-refractivity contribution in [3.63, 3.8) is 0 Å². The molecule has 0 saturated carbocycles. The van der Waals surface area contributed by atoms with E-state index in [2.05, 4.69) is 20.6 Å². The van der Waals surface area contributed by atoms with E-state index >= 15 is 0 Å². The van der Waals surface area contributed by atoms with Gasteiger partial charge in [0.25, 0.3) is 0 Å². The van der Waals surface area contributed by atoms with E-state index in [4.69, 9.17) is 10.5 Å². The van der Waals surface area contributed by atoms with E-state index in [1.54, 1.807) is 24.3 Å². The molecule has 0 fully saturated rings. The number of nitrogens with one attached hydrogen (secondary N) is 2. The van der Waals surface area contributed by atoms with Gasteiger partial charge >= 0.3 is 0 Å². The molecule has 20 heavy (non-hydrogen) atoms. The topological polar surface area (TPSA) is 97.4 Å². The van der Waals surface area contributed by atoms with Crippen molar-refractivity contribution in [2.24, 2.45) is 0 Å². The molecule has 1 heterocycles. The maximum atomic E-state index is 8.99. The third-order valence-corrected chi connectivity index (χ3v) is 2.56. The maximum Gasteiger partial charge on any atom is 0.135 e. The predicted molar refractivity (Wildman–Crippen MR) is 75.4 cm³/mol. The van der Waals surface area contributed by atoms with Crippen LogP contribution in [0.25, 0.3) is 0 Å². The largest absolute Gasteiger partial charge is 0.370 e. The summed E-state index contributed by atoms with van der Waals surface area (Å²) in [5, 5.41) is 24.0. The smallest absolute Gasteiger partial charge is 0.135 e. The van der Waals surface area contributed by atoms with Crippen LogP contribution in [0, 0.1) is 22.7 Å². The number of hydrogen-bond donors (Lipinski definition) is 2. The fourth-order valence-electron chi connectivity index (χ4n) is 1.66. The first-order chi connectivity index (χ1) is 9.76. The van der Waals surface area contributed by atoms with Crippen LogP contribution in [0.15, 0.2) is 30.6 Å². The van der Waals surface area contributed by atoms with E-state index in [-0.39, 0.29) is 0 Å². The second kappa shape index (κ2) is 6.17. The minimum Gasteiger partial charge on any atom is -0.370 e. The van der Waals surface area contributed by atoms with Gasteiger partial charge in [-0.2, -0.15) is 10.5 Å². The molecule has 98 valence electrons. The zero-order valence-corrected chi connectivity index (χ0v) is 10.9. The summed E-state index contributed by atoms with van der Waals surface area (Å²) in [6.45, 7) is 2.75. The summed E-state index contributed by atoms with van der Waals surface area (Å²) in [6, 6.07) is 10.7. The lowest BCUT2D eigenvalue weighted by molar-refractivity contribution is 1.11. The van der Waals surface area contributed by atoms with Gasteiger partial charge in [0, 0.05) is 18.3 Å². The van der Waals surface area contributed by atoms with Crippen molar-refractivity contribution in [1.29, 1.82) is 10.5 Å². The standard InChI is InChI=1S/C14H12N6/c1-2-17-13-6-14(19-9-18-13)20-12-4-3-10(7-15)11(5-12)8-16/h3-6,9H,2H2,1H3,(H2,17,18,19,20). The van der Waals surface area contributed by atoms with E-state index in [9.17, 15) is 0 Å². The number of nitrogens with zero attached hydrogens (tertiary/aromatic N) is 4. The summed E-state index contributed by atoms with van der Waals surface area (Å²) in [5.41, 5.74) is 1.38. The van der Waals surface area contributed by atoms with Crippen LogP contribution in [-0.2, 0) is 0 Å². The fourth-order valence-corrected chi connectivity index (χ4v) is 1.66. The van der Waals surface area contributed by atoms with Gasteiger partial charge in [0.15, 0.2) is 0 Å². The first-order valence-electron chi connectivity index (χ1n) is 6.04. The van der Waals surface area contributed by atoms with Crippen LogP contribution in [0.5, 0.6) is 0 Å². The first kappa shape index (κ1) is 13.3. The molecule has 0 aliphatic rings. The molecule has 6 heteroatoms. The SMILES string of the molecule is CCNc1cc(Nc2ccc(C#N)c(C#N)c2)ncn1. The number of benzene rings is 1. The van der Waals surface area contributed by atoms with Gasteiger partial charge in [-0.05, 0) is 25.1 Å². The Labute approximate surface area is 116 Å². The third kappa shape index (κ3) is 3.01. The molecule has 0 bridgehead atoms. The summed E-state index contributed by atoms with van der Waals surface area (Å²) in [4.78, 5) is 8.18. The van der Waals surface area contributed by atoms with Crippen LogP contribution in [0.2, 0.25) is 0 Å². The average molecular weight is 264 g/mol. The molecule has 0 spiro atoms. The minimum absolute atomic E-state index is 0.332. The van der Waals surface area contributed by atoms with Crippen molar-refractivity contribution < 1.29 is 0 Å². The molecular formula is C14H12N6. The van der Waals surface area contributed by atoms with Gasteiger partial charge in [0.1, 0.15) is 30.1 Å². The van der Waals surface area contributed by atoms with Crippen LogP contribution in [0.4, 0.5) is 17.3 Å². The van der Waals surface area contributed by atoms with Crippen molar-refractivity contribution in [2.45, 2.75) is 6.92 Å². The van der Waals surface area contributed by atoms with E-state index in [1.807, 2.05) is 19.1 Å². The van der Waals surface area contributed by atoms with Crippen molar-refractivity contribution >= 4 is 17.3 Å². The van der Waals surface area contributed by atoms with Gasteiger partial charge in [-0.3, -0.25) is 0 Å². The average Bonchev–Trinajstić information content (AvgIpc) is 2.48. The predicted octanol–water partition coefficient (Wildman–Crippen LogP) is 2.40. The molecule has 2 N–H and O–H groups in total. The van der Waals surface area contributed by atoms with Crippen LogP contribution >= 0.6 is 0 Å². The van der Waals surface area contributed by atoms with Crippen molar-refractivity contribution in [3.8, 4) is 12.1 Å². The lowest BCUT2D eigenvalue weighted by Crippen LogP contribution is -2.01. The zero-order valence-electron chi connectivity index (χ0n) is 10.9. The Kier molecular flexibility index (Phi) is 4.10. The number of nitriles is 2. The Morgan fingerprint density at radius 1 is 1.05 bits per heavy atom. The Morgan fingerprint density at radius 3 is 2.50 bits per heavy atom. The highest BCUT2D eigenvalue weighted by molar-refractivity contribution is 5.63. The molecule has 0 atom stereocenters. The van der Waals surface area contributed by atoms with Gasteiger partial charge in [0.2, 0.25) is 0 Å². The van der Waals surface area contributed by atoms with Gasteiger partial charge < -0.3 is 10.6 Å². The highest BCUT2D eigenvalue weighted by atomic mass is 15.1. The Bertz CT molecular complexity index is 696. The van der Waals surface area contributed by atoms with E-state index in [0.29, 0.717) is 22.6 Å². The molecule has 6 nitrogen and oxygen atoms in total. The zero-order chi connectivity index (χ0) is 14.4. The molecule has 2 aromatic rings. The monoisotopic (exact) mass is 264 g/mol. The number of hydrogen-bond acceptors (Lipinski definition) is 6. The molecule has 0 aliphatic carbocycles. The first-order valence-corrected chi connectivity index (χ1v) is 6.04. The molecule has 1 aromatic carbocycles. The summed E-state index contributed by atoms with van der Waals surface area (Å²) in [5.74, 6) is 1.34. The number of rotatable bonds is 4. The fraction of sp³-hybridized carbons (Fsp3) is 0.143. The van der Waals surface area contributed by atoms with Gasteiger partial charge in [-0.1, -0.05) is 0 Å². The van der Waals surface area contributed by atoms with Crippen molar-refractivity contribution in [3.05, 3.63) is 41.7 Å². The number of anilines is 3. The van der Waals surface area contributed by atoms with Crippen molar-refractivity contribution in [1.82, 2.24) is 9.97 Å². The van der Waals surface area contributed by atoms with Gasteiger partial charge in [-0.25, -0.2) is 9.97 Å². The molecular weight excluding hydrogens is 252 g/mol. The number of aromatic nitrogens is 2. The lowest BCUT2D eigenvalue weighted by atomic mass is 10.1. The van der Waals surface area contributed by atoms with Crippen molar-refractivity contribution in [2.75, 3.05) is 17.2 Å². The summed E-state index contributed by atoms with van der Waals surface area (Å²) in [6.07, 6.45) is 1.45. The quantitative estimate of drug-likeness (QED) is 0.879. The molecule has 0 amide bonds. The summed E-state index contributed by atoms with van der Waals surface area (Å²) >= 11 is 0. The summed E-state index contributed by atoms with van der Waals surface area (Å²) in [7, 11) is 0. The van der Waals surface area contributed by atoms with Gasteiger partial charge in [-0.15, -0.1) is 0 Å². The van der Waals surface area contributed by atoms with Gasteiger partial charge in [0.05, 0.1) is 11.1 Å². The van der Waals surface area contributed by atoms with E-state index in [0.717, 1.165) is 12.4 Å². The highest BCUT2D eigenvalue weighted by Crippen LogP contribution is 2.19. The van der Waals surface area contributed by atoms with Crippen LogP contribution < -0.4 is 10.6 Å². The molecule has 0 radical (unpaired) electrons. The van der Waals surface area contributed by atoms with E-state index < -0.39 is 0 Å². The van der Waals surface area contributed by atoms with E-state index in [1.165, 1.54) is 6.33 Å². The van der Waals surface area contributed by atoms with Crippen LogP contribution in [0.1, 0.15) is 18.1 Å². The molecule has 1 aromatic heterocycles. The molecule has 0 unspecified atom stereocenters. The maximum absolute atomic E-state index is 8.99. The second-order valence-electron chi connectivity index (χ2n) is 3.93. The molecule has 2 rings (SSSR count). The van der Waals surface area contributed by atoms with Crippen LogP contribution in [-0.4, -0.2) is 16.5 Å². The van der Waals surface area contributed by atoms with Crippen LogP contribution in [0.3, 0.4) is 0 Å².